The molecule has 2 aromatic carbocycles. The highest BCUT2D eigenvalue weighted by molar-refractivity contribution is 7.92. The van der Waals surface area contributed by atoms with Crippen LogP contribution in [0.15, 0.2) is 65.7 Å². The van der Waals surface area contributed by atoms with Crippen LogP contribution in [0.5, 0.6) is 0 Å². The van der Waals surface area contributed by atoms with E-state index in [0.29, 0.717) is 16.8 Å². The van der Waals surface area contributed by atoms with Crippen molar-refractivity contribution in [3.8, 4) is 6.07 Å². The largest absolute Gasteiger partial charge is 0.354 e. The Morgan fingerprint density at radius 2 is 1.81 bits per heavy atom. The van der Waals surface area contributed by atoms with Gasteiger partial charge in [0.1, 0.15) is 5.82 Å². The lowest BCUT2D eigenvalue weighted by Crippen LogP contribution is -2.15. The number of pyridine rings is 1. The van der Waals surface area contributed by atoms with Crippen molar-refractivity contribution >= 4 is 27.2 Å². The van der Waals surface area contributed by atoms with E-state index in [9.17, 15) is 8.42 Å². The predicted molar refractivity (Wildman–Crippen MR) is 105 cm³/mol. The van der Waals surface area contributed by atoms with Crippen LogP contribution in [0.2, 0.25) is 0 Å². The Morgan fingerprint density at radius 1 is 1.00 bits per heavy atom. The van der Waals surface area contributed by atoms with E-state index in [4.69, 9.17) is 5.26 Å². The molecule has 1 heterocycles. The van der Waals surface area contributed by atoms with Crippen molar-refractivity contribution in [3.05, 3.63) is 77.5 Å². The molecule has 0 fully saturated rings. The number of rotatable bonds is 5. The number of hydrogen-bond donors (Lipinski definition) is 2. The summed E-state index contributed by atoms with van der Waals surface area (Å²) in [5.41, 5.74) is 3.52. The van der Waals surface area contributed by atoms with Crippen LogP contribution in [0.25, 0.3) is 0 Å². The minimum atomic E-state index is -3.72. The van der Waals surface area contributed by atoms with Gasteiger partial charge in [-0.05, 0) is 61.4 Å². The van der Waals surface area contributed by atoms with Gasteiger partial charge in [0.15, 0.2) is 0 Å². The van der Waals surface area contributed by atoms with Crippen molar-refractivity contribution < 1.29 is 8.42 Å². The topological polar surface area (TPSA) is 94.9 Å². The molecule has 136 valence electrons. The molecule has 0 saturated carbocycles. The molecule has 0 saturated heterocycles. The number of benzene rings is 2. The fourth-order valence-corrected chi connectivity index (χ4v) is 3.89. The number of hydrogen-bond acceptors (Lipinski definition) is 5. The zero-order valence-electron chi connectivity index (χ0n) is 14.9. The Morgan fingerprint density at radius 3 is 2.52 bits per heavy atom. The average molecular weight is 378 g/mol. The van der Waals surface area contributed by atoms with Crippen LogP contribution in [0.1, 0.15) is 16.7 Å². The first-order chi connectivity index (χ1) is 12.9. The van der Waals surface area contributed by atoms with E-state index in [2.05, 4.69) is 21.1 Å². The minimum Gasteiger partial charge on any atom is -0.354 e. The minimum absolute atomic E-state index is 0.229. The van der Waals surface area contributed by atoms with Gasteiger partial charge in [0.2, 0.25) is 0 Å². The number of anilines is 3. The standard InChI is InChI=1S/C20H18N4O2S/c1-14-6-7-15(2)19(10-14)27(25,26)24-20-9-8-18(13-22-20)23-17-5-3-4-16(11-17)12-21/h3-11,13,23H,1-2H3,(H,22,24). The van der Waals surface area contributed by atoms with Gasteiger partial charge in [-0.25, -0.2) is 13.4 Å². The van der Waals surface area contributed by atoms with Gasteiger partial charge in [0, 0.05) is 5.69 Å². The smallest absolute Gasteiger partial charge is 0.263 e. The summed E-state index contributed by atoms with van der Waals surface area (Å²) in [7, 11) is -3.72. The lowest BCUT2D eigenvalue weighted by Gasteiger charge is -2.11. The third-order valence-electron chi connectivity index (χ3n) is 3.92. The van der Waals surface area contributed by atoms with E-state index in [-0.39, 0.29) is 10.7 Å². The molecule has 27 heavy (non-hydrogen) atoms. The van der Waals surface area contributed by atoms with Crippen molar-refractivity contribution in [1.82, 2.24) is 4.98 Å². The summed E-state index contributed by atoms with van der Waals surface area (Å²) in [5.74, 6) is 0.229. The fourth-order valence-electron chi connectivity index (χ4n) is 2.55. The van der Waals surface area contributed by atoms with Gasteiger partial charge in [-0.3, -0.25) is 4.72 Å². The Labute approximate surface area is 158 Å². The van der Waals surface area contributed by atoms with Crippen LogP contribution in [0.3, 0.4) is 0 Å². The summed E-state index contributed by atoms with van der Waals surface area (Å²) < 4.78 is 27.7. The SMILES string of the molecule is Cc1ccc(C)c(S(=O)(=O)Nc2ccc(Nc3cccc(C#N)c3)cn2)c1. The second-order valence-electron chi connectivity index (χ2n) is 6.12. The van der Waals surface area contributed by atoms with Gasteiger partial charge in [-0.1, -0.05) is 18.2 Å². The van der Waals surface area contributed by atoms with Crippen LogP contribution in [-0.2, 0) is 10.0 Å². The Balaban J connectivity index is 1.77. The van der Waals surface area contributed by atoms with Crippen LogP contribution in [-0.4, -0.2) is 13.4 Å². The van der Waals surface area contributed by atoms with Crippen molar-refractivity contribution in [2.75, 3.05) is 10.0 Å². The molecule has 3 aromatic rings. The second kappa shape index (κ2) is 7.48. The van der Waals surface area contributed by atoms with E-state index in [1.54, 1.807) is 49.4 Å². The monoisotopic (exact) mass is 378 g/mol. The third-order valence-corrected chi connectivity index (χ3v) is 5.41. The summed E-state index contributed by atoms with van der Waals surface area (Å²) >= 11 is 0. The molecule has 0 amide bonds. The Bertz CT molecular complexity index is 1120. The summed E-state index contributed by atoms with van der Waals surface area (Å²) in [4.78, 5) is 4.40. The van der Waals surface area contributed by atoms with Crippen molar-refractivity contribution in [2.24, 2.45) is 0 Å². The quantitative estimate of drug-likeness (QED) is 0.696. The zero-order chi connectivity index (χ0) is 19.4. The van der Waals surface area contributed by atoms with Crippen LogP contribution >= 0.6 is 0 Å². The number of aromatic nitrogens is 1. The number of sulfonamides is 1. The van der Waals surface area contributed by atoms with Gasteiger partial charge in [0.05, 0.1) is 28.4 Å². The van der Waals surface area contributed by atoms with Crippen LogP contribution in [0.4, 0.5) is 17.2 Å². The van der Waals surface area contributed by atoms with Gasteiger partial charge >= 0.3 is 0 Å². The van der Waals surface area contributed by atoms with Crippen molar-refractivity contribution in [1.29, 1.82) is 5.26 Å². The lowest BCUT2D eigenvalue weighted by atomic mass is 10.2. The summed E-state index contributed by atoms with van der Waals surface area (Å²) in [6, 6.07) is 17.7. The second-order valence-corrected chi connectivity index (χ2v) is 7.77. The van der Waals surface area contributed by atoms with E-state index < -0.39 is 10.0 Å². The maximum absolute atomic E-state index is 12.6. The number of nitrogens with one attached hydrogen (secondary N) is 2. The summed E-state index contributed by atoms with van der Waals surface area (Å²) in [6.07, 6.45) is 1.53. The molecule has 3 rings (SSSR count). The molecule has 0 aliphatic rings. The molecule has 0 spiro atoms. The summed E-state index contributed by atoms with van der Waals surface area (Å²) in [5, 5.41) is 12.1. The molecule has 7 heteroatoms. The van der Waals surface area contributed by atoms with Gasteiger partial charge in [-0.15, -0.1) is 0 Å². The number of nitrogens with zero attached hydrogens (tertiary/aromatic N) is 2. The molecule has 1 aromatic heterocycles. The number of nitriles is 1. The molecule has 0 atom stereocenters. The van der Waals surface area contributed by atoms with Crippen molar-refractivity contribution in [3.63, 3.8) is 0 Å². The first-order valence-corrected chi connectivity index (χ1v) is 9.69. The van der Waals surface area contributed by atoms with E-state index in [1.807, 2.05) is 19.1 Å². The van der Waals surface area contributed by atoms with Gasteiger partial charge in [-0.2, -0.15) is 5.26 Å². The fraction of sp³-hybridized carbons (Fsp3) is 0.100. The van der Waals surface area contributed by atoms with Crippen molar-refractivity contribution in [2.45, 2.75) is 18.7 Å². The zero-order valence-corrected chi connectivity index (χ0v) is 15.7. The van der Waals surface area contributed by atoms with E-state index in [1.165, 1.54) is 6.20 Å². The molecular weight excluding hydrogens is 360 g/mol. The molecule has 0 radical (unpaired) electrons. The maximum atomic E-state index is 12.6. The van der Waals surface area contributed by atoms with E-state index in [0.717, 1.165) is 11.3 Å². The first-order valence-electron chi connectivity index (χ1n) is 8.21. The molecule has 0 aliphatic heterocycles. The van der Waals surface area contributed by atoms with Crippen LogP contribution < -0.4 is 10.0 Å². The van der Waals surface area contributed by atoms with E-state index >= 15 is 0 Å². The molecule has 6 nitrogen and oxygen atoms in total. The molecule has 0 unspecified atom stereocenters. The third kappa shape index (κ3) is 4.43. The predicted octanol–water partition coefficient (Wildman–Crippen LogP) is 4.11. The Hall–Kier alpha value is -3.37. The normalized spacial score (nSPS) is 10.9. The van der Waals surface area contributed by atoms with Crippen LogP contribution in [0, 0.1) is 25.2 Å². The number of aryl methyl sites for hydroxylation is 2. The highest BCUT2D eigenvalue weighted by Crippen LogP contribution is 2.22. The average Bonchev–Trinajstić information content (AvgIpc) is 2.65. The van der Waals surface area contributed by atoms with Gasteiger partial charge in [0.25, 0.3) is 10.0 Å². The molecule has 2 N–H and O–H groups in total. The summed E-state index contributed by atoms with van der Waals surface area (Å²) in [6.45, 7) is 3.60. The Kier molecular flexibility index (Phi) is 5.10. The molecule has 0 bridgehead atoms. The highest BCUT2D eigenvalue weighted by Gasteiger charge is 2.17. The molecule has 0 aliphatic carbocycles. The maximum Gasteiger partial charge on any atom is 0.263 e. The lowest BCUT2D eigenvalue weighted by molar-refractivity contribution is 0.600. The highest BCUT2D eigenvalue weighted by atomic mass is 32.2. The molecular formula is C20H18N4O2S. The van der Waals surface area contributed by atoms with Gasteiger partial charge < -0.3 is 5.32 Å². The first kappa shape index (κ1) is 18.4.